The van der Waals surface area contributed by atoms with Crippen LogP contribution >= 0.6 is 0 Å². The average Bonchev–Trinajstić information content (AvgIpc) is 3.35. The number of furan rings is 1. The molecule has 4 aromatic rings. The number of benzene rings is 1. The van der Waals surface area contributed by atoms with Crippen LogP contribution in [0.3, 0.4) is 0 Å². The lowest BCUT2D eigenvalue weighted by Crippen LogP contribution is -2.41. The summed E-state index contributed by atoms with van der Waals surface area (Å²) < 4.78 is 8.37. The van der Waals surface area contributed by atoms with Gasteiger partial charge in [-0.25, -0.2) is 9.48 Å². The third-order valence-electron chi connectivity index (χ3n) is 4.26. The second-order valence-electron chi connectivity index (χ2n) is 6.47. The Labute approximate surface area is 163 Å². The molecule has 0 aliphatic rings. The zero-order valence-corrected chi connectivity index (χ0v) is 15.4. The molecule has 29 heavy (non-hydrogen) atoms. The fraction of sp³-hybridized carbons (Fsp3) is 0.222. The van der Waals surface area contributed by atoms with Crippen LogP contribution in [-0.2, 0) is 17.9 Å². The van der Waals surface area contributed by atoms with E-state index >= 15 is 0 Å². The molecular formula is C18H17N7O4. The molecule has 0 unspecified atom stereocenters. The van der Waals surface area contributed by atoms with Crippen molar-refractivity contribution in [1.29, 1.82) is 0 Å². The van der Waals surface area contributed by atoms with Gasteiger partial charge in [0.25, 0.3) is 5.56 Å². The van der Waals surface area contributed by atoms with Crippen molar-refractivity contribution in [3.05, 3.63) is 69.7 Å². The van der Waals surface area contributed by atoms with Gasteiger partial charge >= 0.3 is 5.69 Å². The van der Waals surface area contributed by atoms with Crippen molar-refractivity contribution in [3.63, 3.8) is 0 Å². The van der Waals surface area contributed by atoms with E-state index < -0.39 is 17.6 Å². The Bertz CT molecular complexity index is 1270. The first-order chi connectivity index (χ1) is 14.0. The smallest absolute Gasteiger partial charge is 0.371 e. The van der Waals surface area contributed by atoms with Gasteiger partial charge in [-0.2, -0.15) is 9.78 Å². The van der Waals surface area contributed by atoms with Crippen LogP contribution in [0.25, 0.3) is 16.7 Å². The zero-order valence-electron chi connectivity index (χ0n) is 15.4. The largest absolute Gasteiger partial charge is 0.446 e. The van der Waals surface area contributed by atoms with Gasteiger partial charge in [-0.3, -0.25) is 9.59 Å². The van der Waals surface area contributed by atoms with Crippen molar-refractivity contribution in [3.8, 4) is 5.88 Å². The summed E-state index contributed by atoms with van der Waals surface area (Å²) in [5, 5.41) is 15.5. The maximum absolute atomic E-state index is 12.4. The highest BCUT2D eigenvalue weighted by molar-refractivity contribution is 5.81. The summed E-state index contributed by atoms with van der Waals surface area (Å²) in [6, 6.07) is 9.82. The van der Waals surface area contributed by atoms with Gasteiger partial charge in [0.1, 0.15) is 6.54 Å². The first kappa shape index (κ1) is 18.3. The predicted octanol–water partition coefficient (Wildman–Crippen LogP) is -0.0632. The predicted molar refractivity (Wildman–Crippen MR) is 101 cm³/mol. The molecule has 0 spiro atoms. The Morgan fingerprint density at radius 2 is 1.97 bits per heavy atom. The Morgan fingerprint density at radius 1 is 1.14 bits per heavy atom. The van der Waals surface area contributed by atoms with E-state index in [2.05, 4.69) is 20.8 Å². The van der Waals surface area contributed by atoms with Crippen LogP contribution in [0.15, 0.2) is 62.9 Å². The number of hydrogen-bond donors (Lipinski definition) is 1. The van der Waals surface area contributed by atoms with Gasteiger partial charge in [0.05, 0.1) is 24.4 Å². The third-order valence-corrected chi connectivity index (χ3v) is 4.26. The number of rotatable bonds is 6. The molecule has 4 rings (SSSR count). The van der Waals surface area contributed by atoms with Crippen LogP contribution in [0.5, 0.6) is 0 Å². The molecule has 1 aromatic carbocycles. The molecule has 11 heteroatoms. The Hall–Kier alpha value is -4.02. The lowest BCUT2D eigenvalue weighted by atomic mass is 10.2. The highest BCUT2D eigenvalue weighted by Gasteiger charge is 2.15. The summed E-state index contributed by atoms with van der Waals surface area (Å²) in [7, 11) is 0. The number of nitrogens with one attached hydrogen (secondary N) is 1. The fourth-order valence-corrected chi connectivity index (χ4v) is 2.92. The molecule has 1 amide bonds. The first-order valence-electron chi connectivity index (χ1n) is 8.84. The number of carbonyl (C=O) groups is 1. The molecule has 0 aliphatic heterocycles. The van der Waals surface area contributed by atoms with Crippen molar-refractivity contribution in [2.45, 2.75) is 26.1 Å². The van der Waals surface area contributed by atoms with E-state index in [4.69, 9.17) is 4.42 Å². The lowest BCUT2D eigenvalue weighted by Gasteiger charge is -2.13. The fourth-order valence-electron chi connectivity index (χ4n) is 2.92. The Morgan fingerprint density at radius 3 is 2.76 bits per heavy atom. The number of nitrogens with zero attached hydrogens (tertiary/aromatic N) is 6. The van der Waals surface area contributed by atoms with Gasteiger partial charge in [0.2, 0.25) is 11.8 Å². The van der Waals surface area contributed by atoms with E-state index in [9.17, 15) is 14.4 Å². The van der Waals surface area contributed by atoms with Crippen LogP contribution in [0.1, 0.15) is 6.92 Å². The van der Waals surface area contributed by atoms with E-state index in [0.29, 0.717) is 10.8 Å². The Kier molecular flexibility index (Phi) is 4.77. The van der Waals surface area contributed by atoms with Gasteiger partial charge < -0.3 is 9.73 Å². The van der Waals surface area contributed by atoms with Crippen molar-refractivity contribution in [2.24, 2.45) is 0 Å². The van der Waals surface area contributed by atoms with Gasteiger partial charge in [-0.1, -0.05) is 18.2 Å². The normalized spacial score (nSPS) is 12.2. The van der Waals surface area contributed by atoms with Crippen molar-refractivity contribution in [1.82, 2.24) is 34.9 Å². The second-order valence-corrected chi connectivity index (χ2v) is 6.47. The van der Waals surface area contributed by atoms with Gasteiger partial charge in [-0.15, -0.1) is 4.68 Å². The number of amides is 1. The maximum atomic E-state index is 12.4. The number of hydrogen-bond acceptors (Lipinski definition) is 7. The standard InChI is InChI=1S/C18H17N7O4/c1-12(10-24-18(28)25(22-21-24)16-7-4-8-29-16)20-15(26)11-23-17(27)14-6-3-2-5-13(14)9-19-23/h2-9,12H,10-11H2,1H3,(H,20,26)/t12-/m0/s1. The molecule has 148 valence electrons. The number of aromatic nitrogens is 6. The SMILES string of the molecule is C[C@@H](Cn1nnn(-c2ccco2)c1=O)NC(=O)Cn1ncc2ccccc2c1=O. The van der Waals surface area contributed by atoms with Crippen molar-refractivity contribution in [2.75, 3.05) is 0 Å². The summed E-state index contributed by atoms with van der Waals surface area (Å²) in [6.45, 7) is 1.58. The van der Waals surface area contributed by atoms with E-state index in [1.54, 1.807) is 43.5 Å². The molecule has 0 aliphatic carbocycles. The zero-order chi connectivity index (χ0) is 20.4. The number of fused-ring (bicyclic) bond motifs is 1. The second kappa shape index (κ2) is 7.54. The highest BCUT2D eigenvalue weighted by Crippen LogP contribution is 2.06. The monoisotopic (exact) mass is 395 g/mol. The summed E-state index contributed by atoms with van der Waals surface area (Å²) in [6.07, 6.45) is 2.96. The topological polar surface area (TPSA) is 130 Å². The first-order valence-corrected chi connectivity index (χ1v) is 8.84. The lowest BCUT2D eigenvalue weighted by molar-refractivity contribution is -0.122. The maximum Gasteiger partial charge on any atom is 0.371 e. The number of tetrazole rings is 1. The molecule has 1 N–H and O–H groups in total. The molecule has 0 fully saturated rings. The summed E-state index contributed by atoms with van der Waals surface area (Å²) in [5.74, 6) is -0.159. The van der Waals surface area contributed by atoms with Gasteiger partial charge in [0.15, 0.2) is 0 Å². The van der Waals surface area contributed by atoms with Gasteiger partial charge in [0, 0.05) is 17.5 Å². The minimum atomic E-state index is -0.492. The quantitative estimate of drug-likeness (QED) is 0.484. The summed E-state index contributed by atoms with van der Waals surface area (Å²) >= 11 is 0. The third kappa shape index (κ3) is 3.70. The van der Waals surface area contributed by atoms with E-state index in [-0.39, 0.29) is 24.5 Å². The van der Waals surface area contributed by atoms with Crippen molar-refractivity contribution >= 4 is 16.7 Å². The molecule has 3 aromatic heterocycles. The van der Waals surface area contributed by atoms with Crippen LogP contribution in [0.4, 0.5) is 0 Å². The van der Waals surface area contributed by atoms with E-state index in [0.717, 1.165) is 14.0 Å². The van der Waals surface area contributed by atoms with Crippen LogP contribution < -0.4 is 16.6 Å². The summed E-state index contributed by atoms with van der Waals surface area (Å²) in [5.41, 5.74) is -0.836. The minimum Gasteiger partial charge on any atom is -0.446 e. The van der Waals surface area contributed by atoms with Crippen LogP contribution in [0.2, 0.25) is 0 Å². The van der Waals surface area contributed by atoms with Crippen molar-refractivity contribution < 1.29 is 9.21 Å². The molecule has 11 nitrogen and oxygen atoms in total. The summed E-state index contributed by atoms with van der Waals surface area (Å²) in [4.78, 5) is 37.1. The number of carbonyl (C=O) groups excluding carboxylic acids is 1. The highest BCUT2D eigenvalue weighted by atomic mass is 16.3. The van der Waals surface area contributed by atoms with Gasteiger partial charge in [-0.05, 0) is 29.5 Å². The molecule has 0 radical (unpaired) electrons. The van der Waals surface area contributed by atoms with Crippen LogP contribution in [0, 0.1) is 0 Å². The molecular weight excluding hydrogens is 378 g/mol. The molecule has 0 saturated carbocycles. The molecule has 0 saturated heterocycles. The molecule has 1 atom stereocenters. The molecule has 0 bridgehead atoms. The van der Waals surface area contributed by atoms with Crippen LogP contribution in [-0.4, -0.2) is 41.5 Å². The van der Waals surface area contributed by atoms with E-state index in [1.165, 1.54) is 6.26 Å². The minimum absolute atomic E-state index is 0.103. The van der Waals surface area contributed by atoms with E-state index in [1.807, 2.05) is 6.07 Å². The average molecular weight is 395 g/mol. The molecule has 3 heterocycles. The Balaban J connectivity index is 1.42.